The van der Waals surface area contributed by atoms with E-state index in [0.29, 0.717) is 16.4 Å². The molecule has 5 nitrogen and oxygen atoms in total. The fourth-order valence-corrected chi connectivity index (χ4v) is 4.58. The van der Waals surface area contributed by atoms with Crippen LogP contribution in [0.1, 0.15) is 39.0 Å². The average molecular weight is 381 g/mol. The van der Waals surface area contributed by atoms with Crippen LogP contribution in [0.5, 0.6) is 0 Å². The van der Waals surface area contributed by atoms with Gasteiger partial charge in [0.1, 0.15) is 6.54 Å². The number of fused-ring (bicyclic) bond motifs is 1. The van der Waals surface area contributed by atoms with Crippen molar-refractivity contribution in [2.75, 3.05) is 6.61 Å². The Bertz CT molecular complexity index is 850. The Morgan fingerprint density at radius 2 is 2.08 bits per heavy atom. The normalized spacial score (nSPS) is 16.3. The summed E-state index contributed by atoms with van der Waals surface area (Å²) in [5.41, 5.74) is 0.720. The first-order valence-electron chi connectivity index (χ1n) is 8.62. The van der Waals surface area contributed by atoms with Gasteiger partial charge in [-0.05, 0) is 31.9 Å². The number of esters is 1. The molecule has 25 heavy (non-hydrogen) atoms. The number of thiazole rings is 1. The summed E-state index contributed by atoms with van der Waals surface area (Å²) < 4.78 is 7.65. The van der Waals surface area contributed by atoms with Crippen molar-refractivity contribution >= 4 is 45.0 Å². The molecule has 1 saturated carbocycles. The molecule has 0 atom stereocenters. The second-order valence-electron chi connectivity index (χ2n) is 6.15. The van der Waals surface area contributed by atoms with E-state index in [9.17, 15) is 9.59 Å². The third-order valence-electron chi connectivity index (χ3n) is 4.40. The molecular formula is C18H21ClN2O3S. The van der Waals surface area contributed by atoms with Gasteiger partial charge in [0.25, 0.3) is 5.91 Å². The number of para-hydroxylation sites is 1. The summed E-state index contributed by atoms with van der Waals surface area (Å²) >= 11 is 7.70. The highest BCUT2D eigenvalue weighted by molar-refractivity contribution is 7.16. The van der Waals surface area contributed by atoms with E-state index in [-0.39, 0.29) is 24.3 Å². The first-order chi connectivity index (χ1) is 12.1. The molecule has 7 heteroatoms. The quantitative estimate of drug-likeness (QED) is 0.755. The summed E-state index contributed by atoms with van der Waals surface area (Å²) in [6, 6.07) is 5.53. The standard InChI is InChI=1S/C18H21ClN2O3S/c1-2-24-15(22)11-21-16-13(19)9-6-10-14(16)25-18(21)20-17(23)12-7-4-3-5-8-12/h6,9-10,12H,2-5,7-8,11H2,1H3. The van der Waals surface area contributed by atoms with E-state index in [1.165, 1.54) is 17.8 Å². The Labute approximate surface area is 155 Å². The highest BCUT2D eigenvalue weighted by Gasteiger charge is 2.21. The van der Waals surface area contributed by atoms with Gasteiger partial charge in [-0.3, -0.25) is 9.59 Å². The topological polar surface area (TPSA) is 60.7 Å². The zero-order valence-corrected chi connectivity index (χ0v) is 15.7. The number of hydrogen-bond donors (Lipinski definition) is 0. The highest BCUT2D eigenvalue weighted by atomic mass is 35.5. The van der Waals surface area contributed by atoms with Gasteiger partial charge in [0.2, 0.25) is 0 Å². The Kier molecular flexibility index (Phi) is 5.91. The van der Waals surface area contributed by atoms with E-state index in [4.69, 9.17) is 16.3 Å². The van der Waals surface area contributed by atoms with Gasteiger partial charge in [0, 0.05) is 5.92 Å². The Morgan fingerprint density at radius 1 is 1.32 bits per heavy atom. The van der Waals surface area contributed by atoms with Gasteiger partial charge < -0.3 is 9.30 Å². The summed E-state index contributed by atoms with van der Waals surface area (Å²) in [6.45, 7) is 2.07. The van der Waals surface area contributed by atoms with E-state index < -0.39 is 0 Å². The predicted octanol–water partition coefficient (Wildman–Crippen LogP) is 3.93. The molecule has 1 fully saturated rings. The number of carbonyl (C=O) groups is 2. The van der Waals surface area contributed by atoms with Crippen molar-refractivity contribution < 1.29 is 14.3 Å². The molecule has 0 aliphatic heterocycles. The molecule has 3 rings (SSSR count). The molecule has 1 aliphatic rings. The molecule has 1 aliphatic carbocycles. The molecule has 0 bridgehead atoms. The molecule has 0 spiro atoms. The van der Waals surface area contributed by atoms with Crippen LogP contribution in [-0.4, -0.2) is 23.1 Å². The number of rotatable bonds is 4. The summed E-state index contributed by atoms with van der Waals surface area (Å²) in [5.74, 6) is -0.473. The van der Waals surface area contributed by atoms with Gasteiger partial charge in [0.05, 0.1) is 21.8 Å². The van der Waals surface area contributed by atoms with Crippen LogP contribution < -0.4 is 4.80 Å². The number of amides is 1. The molecule has 1 amide bonds. The van der Waals surface area contributed by atoms with E-state index in [0.717, 1.165) is 35.9 Å². The third-order valence-corrected chi connectivity index (χ3v) is 5.75. The summed E-state index contributed by atoms with van der Waals surface area (Å²) in [7, 11) is 0. The maximum atomic E-state index is 12.6. The Hall–Kier alpha value is -1.66. The van der Waals surface area contributed by atoms with Crippen molar-refractivity contribution in [3.8, 4) is 0 Å². The fraction of sp³-hybridized carbons (Fsp3) is 0.500. The number of ether oxygens (including phenoxy) is 1. The first-order valence-corrected chi connectivity index (χ1v) is 9.81. The molecule has 1 aromatic heterocycles. The monoisotopic (exact) mass is 380 g/mol. The smallest absolute Gasteiger partial charge is 0.326 e. The minimum Gasteiger partial charge on any atom is -0.465 e. The molecule has 2 aromatic rings. The fourth-order valence-electron chi connectivity index (χ4n) is 3.19. The molecule has 134 valence electrons. The highest BCUT2D eigenvalue weighted by Crippen LogP contribution is 2.27. The second kappa shape index (κ2) is 8.15. The molecule has 0 saturated heterocycles. The summed E-state index contributed by atoms with van der Waals surface area (Å²) in [5, 5.41) is 0.532. The predicted molar refractivity (Wildman–Crippen MR) is 98.6 cm³/mol. The number of halogens is 1. The van der Waals surface area contributed by atoms with E-state index in [1.54, 1.807) is 17.6 Å². The number of aromatic nitrogens is 1. The molecule has 0 N–H and O–H groups in total. The average Bonchev–Trinajstić information content (AvgIpc) is 2.94. The number of benzene rings is 1. The maximum absolute atomic E-state index is 12.6. The van der Waals surface area contributed by atoms with Crippen molar-refractivity contribution in [3.05, 3.63) is 28.0 Å². The zero-order valence-electron chi connectivity index (χ0n) is 14.2. The lowest BCUT2D eigenvalue weighted by Crippen LogP contribution is -2.25. The lowest BCUT2D eigenvalue weighted by molar-refractivity contribution is -0.143. The van der Waals surface area contributed by atoms with Crippen LogP contribution in [0.15, 0.2) is 23.2 Å². The number of hydrogen-bond acceptors (Lipinski definition) is 4. The van der Waals surface area contributed by atoms with Crippen LogP contribution in [0, 0.1) is 5.92 Å². The van der Waals surface area contributed by atoms with Gasteiger partial charge in [0.15, 0.2) is 4.80 Å². The van der Waals surface area contributed by atoms with Crippen LogP contribution in [0.2, 0.25) is 5.02 Å². The van der Waals surface area contributed by atoms with Crippen LogP contribution in [0.3, 0.4) is 0 Å². The second-order valence-corrected chi connectivity index (χ2v) is 7.56. The Morgan fingerprint density at radius 3 is 2.80 bits per heavy atom. The lowest BCUT2D eigenvalue weighted by atomic mass is 9.89. The number of carbonyl (C=O) groups excluding carboxylic acids is 2. The molecule has 1 aromatic carbocycles. The van der Waals surface area contributed by atoms with Crippen molar-refractivity contribution in [1.29, 1.82) is 0 Å². The molecule has 1 heterocycles. The maximum Gasteiger partial charge on any atom is 0.326 e. The van der Waals surface area contributed by atoms with E-state index in [1.807, 2.05) is 12.1 Å². The minimum absolute atomic E-state index is 0.00560. The van der Waals surface area contributed by atoms with Gasteiger partial charge in [-0.15, -0.1) is 0 Å². The molecular weight excluding hydrogens is 360 g/mol. The SMILES string of the molecule is CCOC(=O)Cn1c(=NC(=O)C2CCCCC2)sc2cccc(Cl)c21. The van der Waals surface area contributed by atoms with E-state index in [2.05, 4.69) is 4.99 Å². The van der Waals surface area contributed by atoms with Crippen molar-refractivity contribution in [2.24, 2.45) is 10.9 Å². The first kappa shape index (κ1) is 18.1. The van der Waals surface area contributed by atoms with Gasteiger partial charge in [-0.2, -0.15) is 4.99 Å². The van der Waals surface area contributed by atoms with Gasteiger partial charge in [-0.25, -0.2) is 0 Å². The summed E-state index contributed by atoms with van der Waals surface area (Å²) in [6.07, 6.45) is 5.13. The lowest BCUT2D eigenvalue weighted by Gasteiger charge is -2.17. The van der Waals surface area contributed by atoms with Crippen LogP contribution >= 0.6 is 22.9 Å². The Balaban J connectivity index is 2.03. The molecule has 0 radical (unpaired) electrons. The largest absolute Gasteiger partial charge is 0.465 e. The third kappa shape index (κ3) is 4.12. The van der Waals surface area contributed by atoms with Crippen LogP contribution in [0.4, 0.5) is 0 Å². The van der Waals surface area contributed by atoms with Crippen molar-refractivity contribution in [3.63, 3.8) is 0 Å². The van der Waals surface area contributed by atoms with Crippen molar-refractivity contribution in [2.45, 2.75) is 45.6 Å². The summed E-state index contributed by atoms with van der Waals surface area (Å²) in [4.78, 5) is 29.4. The van der Waals surface area contributed by atoms with Crippen LogP contribution in [-0.2, 0) is 20.9 Å². The van der Waals surface area contributed by atoms with Crippen molar-refractivity contribution in [1.82, 2.24) is 4.57 Å². The van der Waals surface area contributed by atoms with E-state index >= 15 is 0 Å². The zero-order chi connectivity index (χ0) is 17.8. The van der Waals surface area contributed by atoms with Crippen LogP contribution in [0.25, 0.3) is 10.2 Å². The number of nitrogens with zero attached hydrogens (tertiary/aromatic N) is 2. The molecule has 0 unspecified atom stereocenters. The minimum atomic E-state index is -0.367. The van der Waals surface area contributed by atoms with Gasteiger partial charge in [-0.1, -0.05) is 48.3 Å². The van der Waals surface area contributed by atoms with Gasteiger partial charge >= 0.3 is 5.97 Å².